The molecule has 43 heavy (non-hydrogen) atoms. The molecule has 1 aliphatic heterocycles. The fourth-order valence-electron chi connectivity index (χ4n) is 4.62. The summed E-state index contributed by atoms with van der Waals surface area (Å²) < 4.78 is 59.3. The van der Waals surface area contributed by atoms with E-state index in [1.54, 1.807) is 32.2 Å². The highest BCUT2D eigenvalue weighted by atomic mass is 19.4. The number of aromatic nitrogens is 2. The Balaban J connectivity index is 1.73. The van der Waals surface area contributed by atoms with Crippen molar-refractivity contribution in [2.24, 2.45) is 5.18 Å². The van der Waals surface area contributed by atoms with Crippen LogP contribution in [-0.2, 0) is 15.7 Å². The van der Waals surface area contributed by atoms with Crippen LogP contribution in [0, 0.1) is 17.6 Å². The summed E-state index contributed by atoms with van der Waals surface area (Å²) in [7, 11) is 0. The number of morpholine rings is 1. The van der Waals surface area contributed by atoms with E-state index < -0.39 is 34.7 Å². The number of carbonyl (C=O) groups excluding carboxylic acids is 2. The van der Waals surface area contributed by atoms with Crippen LogP contribution in [-0.4, -0.2) is 60.2 Å². The monoisotopic (exact) mass is 602 g/mol. The molecule has 10 nitrogen and oxygen atoms in total. The maximum absolute atomic E-state index is 14.5. The molecular weight excluding hydrogens is 572 g/mol. The molecular formula is C29H30F4N6O4. The van der Waals surface area contributed by atoms with Gasteiger partial charge in [0.1, 0.15) is 5.54 Å². The number of halogens is 4. The average molecular weight is 603 g/mol. The quantitative estimate of drug-likeness (QED) is 0.264. The summed E-state index contributed by atoms with van der Waals surface area (Å²) in [6.07, 6.45) is -2.80. The molecule has 14 heteroatoms. The molecule has 1 aromatic carbocycles. The Morgan fingerprint density at radius 1 is 1.12 bits per heavy atom. The molecule has 228 valence electrons. The van der Waals surface area contributed by atoms with Gasteiger partial charge in [-0.1, -0.05) is 11.2 Å². The Morgan fingerprint density at radius 2 is 1.81 bits per heavy atom. The highest BCUT2D eigenvalue weighted by molar-refractivity contribution is 6.05. The number of hydrogen-bond acceptors (Lipinski definition) is 8. The number of pyridine rings is 2. The van der Waals surface area contributed by atoms with Gasteiger partial charge in [-0.05, 0) is 56.2 Å². The van der Waals surface area contributed by atoms with Crippen molar-refractivity contribution in [3.8, 4) is 11.1 Å². The highest BCUT2D eigenvalue weighted by Gasteiger charge is 2.38. The van der Waals surface area contributed by atoms with Gasteiger partial charge in [0.15, 0.2) is 17.3 Å². The van der Waals surface area contributed by atoms with Crippen molar-refractivity contribution in [1.29, 1.82) is 0 Å². The number of anilines is 3. The Labute approximate surface area is 245 Å². The van der Waals surface area contributed by atoms with Gasteiger partial charge in [-0.2, -0.15) is 18.1 Å². The third-order valence-corrected chi connectivity index (χ3v) is 6.84. The van der Waals surface area contributed by atoms with Crippen LogP contribution >= 0.6 is 0 Å². The maximum atomic E-state index is 14.5. The highest BCUT2D eigenvalue weighted by Crippen LogP contribution is 2.36. The number of carbonyl (C=O) groups is 2. The summed E-state index contributed by atoms with van der Waals surface area (Å²) in [5.74, 6) is -2.83. The molecule has 2 aromatic heterocycles. The fourth-order valence-corrected chi connectivity index (χ4v) is 4.62. The molecule has 3 aromatic rings. The molecule has 0 unspecified atom stereocenters. The number of aryl methyl sites for hydroxylation is 1. The van der Waals surface area contributed by atoms with Gasteiger partial charge in [-0.3, -0.25) is 14.5 Å². The first-order chi connectivity index (χ1) is 20.2. The molecule has 4 rings (SSSR count). The van der Waals surface area contributed by atoms with Crippen LogP contribution in [0.2, 0.25) is 0 Å². The minimum absolute atomic E-state index is 0.00230. The molecule has 0 spiro atoms. The van der Waals surface area contributed by atoms with Gasteiger partial charge in [0.2, 0.25) is 5.91 Å². The van der Waals surface area contributed by atoms with Gasteiger partial charge in [-0.15, -0.1) is 0 Å². The fraction of sp³-hybridized carbons (Fsp3) is 0.379. The number of alkyl halides is 3. The standard InChI is InChI=1S/C29H30F4N6O4/c1-17-5-6-20(36-27(41)21-7-8-34-25(24(21)30)29(31,32)33)14-22(17)19-13-23(38-9-11-43-12-10-38)26(35-15-19)39(18(2)40)16-28(3,4)37-42/h5-8,13-15H,9-12,16H2,1-4H3,(H,36,41). The number of hydrogen-bond donors (Lipinski definition) is 1. The van der Waals surface area contributed by atoms with Crippen LogP contribution in [0.15, 0.2) is 47.9 Å². The zero-order valence-electron chi connectivity index (χ0n) is 24.0. The molecule has 1 aliphatic rings. The normalized spacial score (nSPS) is 13.9. The second-order valence-electron chi connectivity index (χ2n) is 10.7. The summed E-state index contributed by atoms with van der Waals surface area (Å²) in [4.78, 5) is 48.0. The lowest BCUT2D eigenvalue weighted by molar-refractivity contribution is -0.143. The summed E-state index contributed by atoms with van der Waals surface area (Å²) in [5.41, 5.74) is -0.815. The van der Waals surface area contributed by atoms with Crippen LogP contribution in [0.5, 0.6) is 0 Å². The SMILES string of the molecule is CC(=O)N(CC(C)(C)N=O)c1ncc(-c2cc(NC(=O)c3ccnc(C(F)(F)F)c3F)ccc2C)cc1N1CCOCC1. The summed E-state index contributed by atoms with van der Waals surface area (Å²) >= 11 is 0. The van der Waals surface area contributed by atoms with Crippen molar-refractivity contribution in [2.75, 3.05) is 48.0 Å². The van der Waals surface area contributed by atoms with Crippen molar-refractivity contribution >= 4 is 29.0 Å². The van der Waals surface area contributed by atoms with Crippen LogP contribution < -0.4 is 15.1 Å². The zero-order chi connectivity index (χ0) is 31.5. The lowest BCUT2D eigenvalue weighted by Gasteiger charge is -2.34. The minimum Gasteiger partial charge on any atom is -0.378 e. The van der Waals surface area contributed by atoms with Gasteiger partial charge in [0.05, 0.1) is 31.0 Å². The van der Waals surface area contributed by atoms with E-state index in [1.165, 1.54) is 17.9 Å². The van der Waals surface area contributed by atoms with E-state index in [0.29, 0.717) is 48.9 Å². The van der Waals surface area contributed by atoms with Crippen LogP contribution in [0.3, 0.4) is 0 Å². The van der Waals surface area contributed by atoms with E-state index in [1.807, 2.05) is 17.9 Å². The Kier molecular flexibility index (Phi) is 9.09. The molecule has 3 heterocycles. The molecule has 1 fully saturated rings. The van der Waals surface area contributed by atoms with Crippen molar-refractivity contribution in [1.82, 2.24) is 9.97 Å². The first-order valence-corrected chi connectivity index (χ1v) is 13.3. The Morgan fingerprint density at radius 3 is 2.44 bits per heavy atom. The zero-order valence-corrected chi connectivity index (χ0v) is 24.0. The Hall–Kier alpha value is -4.46. The summed E-state index contributed by atoms with van der Waals surface area (Å²) in [6, 6.07) is 7.53. The topological polar surface area (TPSA) is 117 Å². The number of amides is 2. The van der Waals surface area contributed by atoms with Crippen LogP contribution in [0.4, 0.5) is 34.8 Å². The number of nitrogens with one attached hydrogen (secondary N) is 1. The summed E-state index contributed by atoms with van der Waals surface area (Å²) in [6.45, 7) is 8.36. The molecule has 1 saturated heterocycles. The summed E-state index contributed by atoms with van der Waals surface area (Å²) in [5, 5.41) is 5.60. The molecule has 0 atom stereocenters. The molecule has 2 amide bonds. The van der Waals surface area contributed by atoms with E-state index in [4.69, 9.17) is 4.74 Å². The van der Waals surface area contributed by atoms with Crippen LogP contribution in [0.25, 0.3) is 11.1 Å². The van der Waals surface area contributed by atoms with E-state index in [-0.39, 0.29) is 18.1 Å². The van der Waals surface area contributed by atoms with E-state index in [9.17, 15) is 32.1 Å². The lowest BCUT2D eigenvalue weighted by atomic mass is 10.00. The number of nitrogens with zero attached hydrogens (tertiary/aromatic N) is 5. The number of nitroso groups, excluding NO2 is 1. The predicted octanol–water partition coefficient (Wildman–Crippen LogP) is 5.60. The second-order valence-corrected chi connectivity index (χ2v) is 10.7. The van der Waals surface area contributed by atoms with E-state index >= 15 is 0 Å². The van der Waals surface area contributed by atoms with E-state index in [0.717, 1.165) is 17.8 Å². The van der Waals surface area contributed by atoms with Gasteiger partial charge in [0.25, 0.3) is 5.91 Å². The van der Waals surface area contributed by atoms with E-state index in [2.05, 4.69) is 20.5 Å². The predicted molar refractivity (Wildman–Crippen MR) is 152 cm³/mol. The van der Waals surface area contributed by atoms with Crippen LogP contribution in [0.1, 0.15) is 42.4 Å². The first kappa shape index (κ1) is 31.5. The second kappa shape index (κ2) is 12.4. The minimum atomic E-state index is -5.06. The van der Waals surface area contributed by atoms with Crippen molar-refractivity contribution < 1.29 is 31.9 Å². The number of rotatable bonds is 8. The smallest absolute Gasteiger partial charge is 0.378 e. The average Bonchev–Trinajstić information content (AvgIpc) is 2.96. The van der Waals surface area contributed by atoms with Gasteiger partial charge in [-0.25, -0.2) is 14.4 Å². The molecule has 0 radical (unpaired) electrons. The molecule has 0 bridgehead atoms. The van der Waals surface area contributed by atoms with Gasteiger partial charge >= 0.3 is 6.18 Å². The Bertz CT molecular complexity index is 1540. The van der Waals surface area contributed by atoms with Crippen molar-refractivity contribution in [3.05, 3.63) is 70.3 Å². The largest absolute Gasteiger partial charge is 0.436 e. The van der Waals surface area contributed by atoms with Gasteiger partial charge in [0, 0.05) is 43.7 Å². The third kappa shape index (κ3) is 7.13. The maximum Gasteiger partial charge on any atom is 0.436 e. The number of ether oxygens (including phenoxy) is 1. The lowest BCUT2D eigenvalue weighted by Crippen LogP contribution is -2.43. The molecule has 0 aliphatic carbocycles. The number of benzene rings is 1. The van der Waals surface area contributed by atoms with Crippen molar-refractivity contribution in [2.45, 2.75) is 39.4 Å². The molecule has 1 N–H and O–H groups in total. The van der Waals surface area contributed by atoms with Gasteiger partial charge < -0.3 is 15.0 Å². The molecule has 0 saturated carbocycles. The third-order valence-electron chi connectivity index (χ3n) is 6.84. The first-order valence-electron chi connectivity index (χ1n) is 13.3. The van der Waals surface area contributed by atoms with Crippen molar-refractivity contribution in [3.63, 3.8) is 0 Å².